The number of rotatable bonds is 6. The number of benzene rings is 1. The second-order valence-corrected chi connectivity index (χ2v) is 4.66. The Labute approximate surface area is 109 Å². The van der Waals surface area contributed by atoms with E-state index in [4.69, 9.17) is 4.74 Å². The number of hydrogen-bond acceptors (Lipinski definition) is 3. The highest BCUT2D eigenvalue weighted by molar-refractivity contribution is 5.93. The minimum atomic E-state index is -0.0630. The van der Waals surface area contributed by atoms with Gasteiger partial charge in [-0.15, -0.1) is 0 Å². The minimum Gasteiger partial charge on any atom is -0.495 e. The zero-order valence-corrected chi connectivity index (χ0v) is 11.5. The number of anilines is 1. The molecular weight excluding hydrogens is 228 g/mol. The molecule has 1 unspecified atom stereocenters. The zero-order valence-electron chi connectivity index (χ0n) is 11.5. The third-order valence-corrected chi connectivity index (χ3v) is 2.97. The number of hydrogen-bond donors (Lipinski definition) is 2. The fraction of sp³-hybridized carbons (Fsp3) is 0.500. The van der Waals surface area contributed by atoms with Crippen molar-refractivity contribution in [1.29, 1.82) is 0 Å². The Morgan fingerprint density at radius 1 is 1.28 bits per heavy atom. The lowest BCUT2D eigenvalue weighted by Crippen LogP contribution is -2.37. The van der Waals surface area contributed by atoms with Crippen LogP contribution in [0.1, 0.15) is 20.8 Å². The summed E-state index contributed by atoms with van der Waals surface area (Å²) in [5, 5.41) is 6.02. The van der Waals surface area contributed by atoms with Crippen LogP contribution in [0.5, 0.6) is 5.75 Å². The molecule has 0 spiro atoms. The standard InChI is InChI=1S/C14H22N2O2/c1-10(2)11(3)15-9-14(17)16-12-7-5-6-8-13(12)18-4/h5-8,10-11,15H,9H2,1-4H3,(H,16,17). The van der Waals surface area contributed by atoms with E-state index in [1.807, 2.05) is 24.3 Å². The third kappa shape index (κ3) is 4.37. The summed E-state index contributed by atoms with van der Waals surface area (Å²) >= 11 is 0. The highest BCUT2D eigenvalue weighted by Crippen LogP contribution is 2.22. The maximum absolute atomic E-state index is 11.8. The van der Waals surface area contributed by atoms with Crippen molar-refractivity contribution in [3.63, 3.8) is 0 Å². The molecule has 100 valence electrons. The van der Waals surface area contributed by atoms with E-state index in [2.05, 4.69) is 31.4 Å². The van der Waals surface area contributed by atoms with Gasteiger partial charge in [0, 0.05) is 6.04 Å². The first-order valence-corrected chi connectivity index (χ1v) is 6.21. The summed E-state index contributed by atoms with van der Waals surface area (Å²) in [4.78, 5) is 11.8. The molecule has 0 fully saturated rings. The van der Waals surface area contributed by atoms with Gasteiger partial charge in [-0.25, -0.2) is 0 Å². The highest BCUT2D eigenvalue weighted by Gasteiger charge is 2.10. The second-order valence-electron chi connectivity index (χ2n) is 4.66. The van der Waals surface area contributed by atoms with Gasteiger partial charge >= 0.3 is 0 Å². The van der Waals surface area contributed by atoms with Gasteiger partial charge in [-0.3, -0.25) is 4.79 Å². The van der Waals surface area contributed by atoms with E-state index < -0.39 is 0 Å². The Bertz CT molecular complexity index is 391. The van der Waals surface area contributed by atoms with Crippen molar-refractivity contribution in [3.05, 3.63) is 24.3 Å². The van der Waals surface area contributed by atoms with Gasteiger partial charge in [-0.05, 0) is 25.0 Å². The van der Waals surface area contributed by atoms with Crippen LogP contribution in [0.25, 0.3) is 0 Å². The van der Waals surface area contributed by atoms with Crippen LogP contribution in [0.3, 0.4) is 0 Å². The summed E-state index contributed by atoms with van der Waals surface area (Å²) < 4.78 is 5.17. The number of amides is 1. The van der Waals surface area contributed by atoms with Gasteiger partial charge in [0.15, 0.2) is 0 Å². The van der Waals surface area contributed by atoms with Crippen LogP contribution in [0.4, 0.5) is 5.69 Å². The highest BCUT2D eigenvalue weighted by atomic mass is 16.5. The molecule has 2 N–H and O–H groups in total. The Hall–Kier alpha value is -1.55. The largest absolute Gasteiger partial charge is 0.495 e. The van der Waals surface area contributed by atoms with Crippen LogP contribution < -0.4 is 15.4 Å². The molecule has 4 nitrogen and oxygen atoms in total. The van der Waals surface area contributed by atoms with E-state index in [9.17, 15) is 4.79 Å². The average Bonchev–Trinajstić information content (AvgIpc) is 2.36. The molecule has 18 heavy (non-hydrogen) atoms. The van der Waals surface area contributed by atoms with Gasteiger partial charge < -0.3 is 15.4 Å². The van der Waals surface area contributed by atoms with Crippen molar-refractivity contribution in [2.45, 2.75) is 26.8 Å². The molecule has 0 aliphatic carbocycles. The van der Waals surface area contributed by atoms with Crippen LogP contribution in [-0.4, -0.2) is 25.6 Å². The number of para-hydroxylation sites is 2. The first kappa shape index (κ1) is 14.5. The summed E-state index contributed by atoms with van der Waals surface area (Å²) in [6.45, 7) is 6.62. The normalized spacial score (nSPS) is 12.3. The average molecular weight is 250 g/mol. The molecule has 1 aromatic rings. The van der Waals surface area contributed by atoms with Crippen LogP contribution >= 0.6 is 0 Å². The smallest absolute Gasteiger partial charge is 0.238 e. The molecule has 1 aromatic carbocycles. The number of methoxy groups -OCH3 is 1. The van der Waals surface area contributed by atoms with Crippen molar-refractivity contribution in [2.75, 3.05) is 19.0 Å². The van der Waals surface area contributed by atoms with Gasteiger partial charge in [0.2, 0.25) is 5.91 Å². The summed E-state index contributed by atoms with van der Waals surface area (Å²) in [7, 11) is 1.59. The monoisotopic (exact) mass is 250 g/mol. The van der Waals surface area contributed by atoms with Gasteiger partial charge in [-0.2, -0.15) is 0 Å². The number of carbonyl (C=O) groups excluding carboxylic acids is 1. The van der Waals surface area contributed by atoms with Crippen molar-refractivity contribution >= 4 is 11.6 Å². The lowest BCUT2D eigenvalue weighted by atomic mass is 10.1. The van der Waals surface area contributed by atoms with E-state index in [1.54, 1.807) is 7.11 Å². The molecular formula is C14H22N2O2. The molecule has 1 amide bonds. The molecule has 0 heterocycles. The van der Waals surface area contributed by atoms with Crippen molar-refractivity contribution in [3.8, 4) is 5.75 Å². The Morgan fingerprint density at radius 3 is 2.56 bits per heavy atom. The van der Waals surface area contributed by atoms with Crippen LogP contribution in [0.2, 0.25) is 0 Å². The maximum atomic E-state index is 11.8. The number of ether oxygens (including phenoxy) is 1. The first-order valence-electron chi connectivity index (χ1n) is 6.21. The SMILES string of the molecule is COc1ccccc1NC(=O)CNC(C)C(C)C. The summed E-state index contributed by atoms with van der Waals surface area (Å²) in [5.41, 5.74) is 0.698. The fourth-order valence-corrected chi connectivity index (χ4v) is 1.43. The topological polar surface area (TPSA) is 50.4 Å². The Balaban J connectivity index is 2.49. The van der Waals surface area contributed by atoms with Crippen molar-refractivity contribution in [1.82, 2.24) is 5.32 Å². The lowest BCUT2D eigenvalue weighted by Gasteiger charge is -2.17. The summed E-state index contributed by atoms with van der Waals surface area (Å²) in [6, 6.07) is 7.69. The molecule has 0 radical (unpaired) electrons. The van der Waals surface area contributed by atoms with Crippen LogP contribution in [0, 0.1) is 5.92 Å². The van der Waals surface area contributed by atoms with E-state index in [-0.39, 0.29) is 5.91 Å². The molecule has 1 atom stereocenters. The predicted molar refractivity (Wildman–Crippen MR) is 73.9 cm³/mol. The van der Waals surface area contributed by atoms with E-state index >= 15 is 0 Å². The number of nitrogens with one attached hydrogen (secondary N) is 2. The second kappa shape index (κ2) is 7.01. The molecule has 1 rings (SSSR count). The van der Waals surface area contributed by atoms with Gasteiger partial charge in [0.05, 0.1) is 19.3 Å². The molecule has 0 bridgehead atoms. The third-order valence-electron chi connectivity index (χ3n) is 2.97. The van der Waals surface area contributed by atoms with Crippen LogP contribution in [-0.2, 0) is 4.79 Å². The molecule has 0 saturated heterocycles. The summed E-state index contributed by atoms with van der Waals surface area (Å²) in [6.07, 6.45) is 0. The Morgan fingerprint density at radius 2 is 1.94 bits per heavy atom. The summed E-state index contributed by atoms with van der Waals surface area (Å²) in [5.74, 6) is 1.11. The Kier molecular flexibility index (Phi) is 5.65. The molecule has 0 saturated carbocycles. The van der Waals surface area contributed by atoms with Gasteiger partial charge in [0.25, 0.3) is 0 Å². The fourth-order valence-electron chi connectivity index (χ4n) is 1.43. The van der Waals surface area contributed by atoms with Gasteiger partial charge in [0.1, 0.15) is 5.75 Å². The number of carbonyl (C=O) groups is 1. The van der Waals surface area contributed by atoms with E-state index in [0.717, 1.165) is 0 Å². The van der Waals surface area contributed by atoms with Crippen molar-refractivity contribution < 1.29 is 9.53 Å². The quantitative estimate of drug-likeness (QED) is 0.814. The molecule has 0 aliphatic rings. The van der Waals surface area contributed by atoms with E-state index in [1.165, 1.54) is 0 Å². The molecule has 0 aliphatic heterocycles. The zero-order chi connectivity index (χ0) is 13.5. The minimum absolute atomic E-state index is 0.0630. The predicted octanol–water partition coefficient (Wildman–Crippen LogP) is 2.27. The van der Waals surface area contributed by atoms with Crippen LogP contribution in [0.15, 0.2) is 24.3 Å². The molecule has 4 heteroatoms. The maximum Gasteiger partial charge on any atom is 0.238 e. The van der Waals surface area contributed by atoms with E-state index in [0.29, 0.717) is 29.9 Å². The first-order chi connectivity index (χ1) is 8.54. The molecule has 0 aromatic heterocycles. The van der Waals surface area contributed by atoms with Gasteiger partial charge in [-0.1, -0.05) is 26.0 Å². The lowest BCUT2D eigenvalue weighted by molar-refractivity contribution is -0.115. The van der Waals surface area contributed by atoms with Crippen molar-refractivity contribution in [2.24, 2.45) is 5.92 Å².